The highest BCUT2D eigenvalue weighted by atomic mass is 32.2. The molecule has 0 radical (unpaired) electrons. The van der Waals surface area contributed by atoms with Gasteiger partial charge in [0.25, 0.3) is 0 Å². The number of carbonyl (C=O) groups is 2. The number of thioether (sulfide) groups is 1. The van der Waals surface area contributed by atoms with E-state index in [9.17, 15) is 14.7 Å². The molecule has 0 aromatic rings. The fraction of sp³-hybridized carbons (Fsp3) is 0.905. The maximum absolute atomic E-state index is 13.1. The highest BCUT2D eigenvalue weighted by molar-refractivity contribution is 7.98. The first-order valence-corrected chi connectivity index (χ1v) is 13.0. The topological polar surface area (TPSA) is 108 Å². The monoisotopic (exact) mass is 464 g/mol. The average Bonchev–Trinajstić information content (AvgIpc) is 2.72. The summed E-state index contributed by atoms with van der Waals surface area (Å²) in [4.78, 5) is 26.8. The summed E-state index contributed by atoms with van der Waals surface area (Å²) in [5, 5.41) is 15.8. The summed E-state index contributed by atoms with van der Waals surface area (Å²) in [5.74, 6) is 0.613. The van der Waals surface area contributed by atoms with Crippen LogP contribution in [-0.2, 0) is 9.59 Å². The minimum absolute atomic E-state index is 0.0217. The van der Waals surface area contributed by atoms with Gasteiger partial charge in [-0.15, -0.1) is 0 Å². The molecule has 0 aliphatic rings. The van der Waals surface area contributed by atoms with Crippen molar-refractivity contribution in [2.45, 2.75) is 71.1 Å². The van der Waals surface area contributed by atoms with Gasteiger partial charge in [-0.3, -0.25) is 9.69 Å². The van der Waals surface area contributed by atoms with Crippen molar-refractivity contribution in [3.8, 4) is 0 Å². The van der Waals surface area contributed by atoms with Gasteiger partial charge in [-0.05, 0) is 37.3 Å². The Hall–Kier alpha value is -0.480. The van der Waals surface area contributed by atoms with Crippen molar-refractivity contribution in [3.05, 3.63) is 0 Å². The Kier molecular flexibility index (Phi) is 15.9. The molecule has 6 atom stereocenters. The molecule has 0 spiro atoms. The number of rotatable bonds is 17. The third kappa shape index (κ3) is 10.7. The lowest BCUT2D eigenvalue weighted by atomic mass is 9.93. The van der Waals surface area contributed by atoms with Gasteiger partial charge < -0.3 is 21.5 Å². The number of aliphatic carboxylic acids is 1. The van der Waals surface area contributed by atoms with Crippen molar-refractivity contribution in [1.29, 1.82) is 0 Å². The molecule has 0 saturated carbocycles. The predicted molar refractivity (Wildman–Crippen MR) is 132 cm³/mol. The second kappa shape index (κ2) is 16.2. The molecule has 1 amide bonds. The van der Waals surface area contributed by atoms with Crippen LogP contribution in [0.3, 0.4) is 0 Å². The summed E-state index contributed by atoms with van der Waals surface area (Å²) in [6.45, 7) is 9.79. The zero-order valence-corrected chi connectivity index (χ0v) is 21.3. The van der Waals surface area contributed by atoms with Crippen molar-refractivity contribution in [2.75, 3.05) is 37.9 Å². The van der Waals surface area contributed by atoms with Crippen molar-refractivity contribution in [1.82, 2.24) is 15.5 Å². The van der Waals surface area contributed by atoms with Crippen LogP contribution in [0.2, 0.25) is 0 Å². The highest BCUT2D eigenvalue weighted by Gasteiger charge is 2.33. The van der Waals surface area contributed by atoms with Crippen molar-refractivity contribution in [2.24, 2.45) is 17.6 Å². The van der Waals surface area contributed by atoms with Gasteiger partial charge in [0, 0.05) is 30.9 Å². The van der Waals surface area contributed by atoms with Gasteiger partial charge in [-0.1, -0.05) is 40.5 Å². The van der Waals surface area contributed by atoms with Gasteiger partial charge in [0.15, 0.2) is 0 Å². The Morgan fingerprint density at radius 3 is 2.27 bits per heavy atom. The molecule has 0 aliphatic heterocycles. The van der Waals surface area contributed by atoms with Crippen LogP contribution < -0.4 is 16.4 Å². The SMILES string of the molecule is CCC(C)C(CN(C)C(C(=O)NC(CCSC)C(=O)O)C(C)CC)NC[C@H](N)CS. The number of nitrogens with one attached hydrogen (secondary N) is 2. The largest absolute Gasteiger partial charge is 0.480 e. The summed E-state index contributed by atoms with van der Waals surface area (Å²) < 4.78 is 0. The minimum atomic E-state index is -0.983. The summed E-state index contributed by atoms with van der Waals surface area (Å²) in [7, 11) is 1.95. The van der Waals surface area contributed by atoms with Gasteiger partial charge in [0.1, 0.15) is 6.04 Å². The van der Waals surface area contributed by atoms with E-state index in [1.54, 1.807) is 11.8 Å². The van der Waals surface area contributed by atoms with Gasteiger partial charge >= 0.3 is 5.97 Å². The average molecular weight is 465 g/mol. The Morgan fingerprint density at radius 1 is 1.20 bits per heavy atom. The third-order valence-electron chi connectivity index (χ3n) is 5.84. The molecule has 5 unspecified atom stereocenters. The molecule has 30 heavy (non-hydrogen) atoms. The van der Waals surface area contributed by atoms with Gasteiger partial charge in [0.2, 0.25) is 5.91 Å². The van der Waals surface area contributed by atoms with Crippen LogP contribution in [0.1, 0.15) is 47.0 Å². The molecule has 0 rings (SSSR count). The maximum atomic E-state index is 13.1. The Morgan fingerprint density at radius 2 is 1.80 bits per heavy atom. The number of nitrogens with two attached hydrogens (primary N) is 1. The van der Waals surface area contributed by atoms with E-state index >= 15 is 0 Å². The summed E-state index contributed by atoms with van der Waals surface area (Å²) in [6.07, 6.45) is 4.19. The predicted octanol–water partition coefficient (Wildman–Crippen LogP) is 1.92. The van der Waals surface area contributed by atoms with E-state index in [4.69, 9.17) is 5.73 Å². The molecule has 0 aromatic heterocycles. The molecular weight excluding hydrogens is 420 g/mol. The van der Waals surface area contributed by atoms with Crippen molar-refractivity contribution in [3.63, 3.8) is 0 Å². The smallest absolute Gasteiger partial charge is 0.326 e. The van der Waals surface area contributed by atoms with Crippen molar-refractivity contribution < 1.29 is 14.7 Å². The molecule has 0 bridgehead atoms. The quantitative estimate of drug-likeness (QED) is 0.209. The Bertz CT molecular complexity index is 499. The van der Waals surface area contributed by atoms with E-state index < -0.39 is 18.1 Å². The number of nitrogens with zero attached hydrogens (tertiary/aromatic N) is 1. The standard InChI is InChI=1S/C21H44N4O3S2/c1-7-14(3)18(23-11-16(22)13-29)12-25(5)19(15(4)8-2)20(26)24-17(21(27)28)9-10-30-6/h14-19,23,29H,7-13,22H2,1-6H3,(H,24,26)(H,27,28)/t14?,15?,16-,17?,18?,19?/m0/s1. The lowest BCUT2D eigenvalue weighted by Crippen LogP contribution is -2.56. The van der Waals surface area contributed by atoms with E-state index in [1.807, 2.05) is 20.2 Å². The number of thiol groups is 1. The maximum Gasteiger partial charge on any atom is 0.326 e. The number of likely N-dealkylation sites (N-methyl/N-ethyl adjacent to an activating group) is 1. The first-order valence-electron chi connectivity index (χ1n) is 10.9. The van der Waals surface area contributed by atoms with Crippen LogP contribution in [0.5, 0.6) is 0 Å². The van der Waals surface area contributed by atoms with Crippen LogP contribution in [0.25, 0.3) is 0 Å². The molecule has 5 N–H and O–H groups in total. The molecule has 0 aliphatic carbocycles. The molecular formula is C21H44N4O3S2. The molecule has 0 aromatic carbocycles. The van der Waals surface area contributed by atoms with E-state index in [-0.39, 0.29) is 23.9 Å². The number of amides is 1. The second-order valence-electron chi connectivity index (χ2n) is 8.29. The number of carboxylic acid groups (broad SMARTS) is 1. The molecule has 0 heterocycles. The van der Waals surface area contributed by atoms with Crippen LogP contribution in [0.15, 0.2) is 0 Å². The van der Waals surface area contributed by atoms with E-state index in [2.05, 4.69) is 48.9 Å². The normalized spacial score (nSPS) is 17.8. The number of carbonyl (C=O) groups excluding carboxylic acids is 1. The fourth-order valence-electron chi connectivity index (χ4n) is 3.39. The number of carboxylic acids is 1. The summed E-state index contributed by atoms with van der Waals surface area (Å²) in [5.41, 5.74) is 6.02. The van der Waals surface area contributed by atoms with E-state index in [1.165, 1.54) is 0 Å². The fourth-order valence-corrected chi connectivity index (χ4v) is 3.99. The van der Waals surface area contributed by atoms with Gasteiger partial charge in [-0.2, -0.15) is 24.4 Å². The van der Waals surface area contributed by atoms with E-state index in [0.717, 1.165) is 12.8 Å². The highest BCUT2D eigenvalue weighted by Crippen LogP contribution is 2.18. The zero-order chi connectivity index (χ0) is 23.3. The Balaban J connectivity index is 5.35. The van der Waals surface area contributed by atoms with Crippen LogP contribution >= 0.6 is 24.4 Å². The lowest BCUT2D eigenvalue weighted by Gasteiger charge is -2.36. The number of hydrogen-bond donors (Lipinski definition) is 5. The van der Waals surface area contributed by atoms with Crippen LogP contribution in [-0.4, -0.2) is 83.9 Å². The van der Waals surface area contributed by atoms with Crippen molar-refractivity contribution >= 4 is 36.3 Å². The molecule has 9 heteroatoms. The van der Waals surface area contributed by atoms with Gasteiger partial charge in [0.05, 0.1) is 6.04 Å². The molecule has 0 saturated heterocycles. The first-order chi connectivity index (χ1) is 14.1. The van der Waals surface area contributed by atoms with Gasteiger partial charge in [-0.25, -0.2) is 4.79 Å². The molecule has 0 fully saturated rings. The Labute approximate surface area is 193 Å². The second-order valence-corrected chi connectivity index (χ2v) is 9.64. The third-order valence-corrected chi connectivity index (χ3v) is 6.96. The number of hydrogen-bond acceptors (Lipinski definition) is 7. The van der Waals surface area contributed by atoms with Crippen LogP contribution in [0.4, 0.5) is 0 Å². The zero-order valence-electron chi connectivity index (χ0n) is 19.6. The van der Waals surface area contributed by atoms with E-state index in [0.29, 0.717) is 36.9 Å². The first kappa shape index (κ1) is 29.5. The lowest BCUT2D eigenvalue weighted by molar-refractivity contribution is -0.143. The van der Waals surface area contributed by atoms with Crippen LogP contribution in [0, 0.1) is 11.8 Å². The molecule has 178 valence electrons. The molecule has 7 nitrogen and oxygen atoms in total. The summed E-state index contributed by atoms with van der Waals surface area (Å²) in [6, 6.07) is -1.09. The summed E-state index contributed by atoms with van der Waals surface area (Å²) >= 11 is 5.83. The minimum Gasteiger partial charge on any atom is -0.480 e.